The fraction of sp³-hybridized carbons (Fsp3) is 0.471. The zero-order valence-corrected chi connectivity index (χ0v) is 15.5. The Labute approximate surface area is 151 Å². The van der Waals surface area contributed by atoms with Crippen LogP contribution in [0.5, 0.6) is 5.75 Å². The Morgan fingerprint density at radius 2 is 2.08 bits per heavy atom. The summed E-state index contributed by atoms with van der Waals surface area (Å²) in [5.74, 6) is 7.41. The Morgan fingerprint density at radius 3 is 2.72 bits per heavy atom. The molecular formula is C17H23N5O2S. The van der Waals surface area contributed by atoms with Gasteiger partial charge in [0.15, 0.2) is 5.82 Å². The molecule has 1 fully saturated rings. The zero-order valence-electron chi connectivity index (χ0n) is 14.7. The van der Waals surface area contributed by atoms with Crippen molar-refractivity contribution < 1.29 is 9.53 Å². The number of nitrogens with zero attached hydrogens (tertiary/aromatic N) is 3. The minimum Gasteiger partial charge on any atom is -0.485 e. The van der Waals surface area contributed by atoms with Crippen LogP contribution in [-0.2, 0) is 11.4 Å². The predicted molar refractivity (Wildman–Crippen MR) is 96.9 cm³/mol. The number of aryl methyl sites for hydroxylation is 2. The van der Waals surface area contributed by atoms with Crippen LogP contribution in [0.4, 0.5) is 0 Å². The molecule has 2 aromatic rings. The maximum atomic E-state index is 12.0. The summed E-state index contributed by atoms with van der Waals surface area (Å²) in [6, 6.07) is 6.33. The van der Waals surface area contributed by atoms with Crippen LogP contribution in [0.2, 0.25) is 0 Å². The molecule has 1 heterocycles. The number of aromatic nitrogens is 3. The van der Waals surface area contributed by atoms with E-state index in [0.717, 1.165) is 29.7 Å². The Kier molecular flexibility index (Phi) is 5.17. The lowest BCUT2D eigenvalue weighted by Crippen LogP contribution is -2.32. The van der Waals surface area contributed by atoms with Gasteiger partial charge in [0.05, 0.1) is 5.25 Å². The molecule has 8 heteroatoms. The van der Waals surface area contributed by atoms with Crippen LogP contribution < -0.4 is 15.9 Å². The zero-order chi connectivity index (χ0) is 18.0. The van der Waals surface area contributed by atoms with Crippen LogP contribution in [0.1, 0.15) is 36.7 Å². The van der Waals surface area contributed by atoms with Gasteiger partial charge in [0.2, 0.25) is 11.1 Å². The number of nitrogen functional groups attached to an aromatic ring is 1. The fourth-order valence-corrected chi connectivity index (χ4v) is 3.21. The molecule has 3 rings (SSSR count). The molecule has 0 unspecified atom stereocenters. The van der Waals surface area contributed by atoms with Crippen molar-refractivity contribution in [1.29, 1.82) is 0 Å². The van der Waals surface area contributed by atoms with E-state index in [-0.39, 0.29) is 17.8 Å². The second kappa shape index (κ2) is 7.35. The van der Waals surface area contributed by atoms with Crippen molar-refractivity contribution in [2.75, 3.05) is 5.84 Å². The summed E-state index contributed by atoms with van der Waals surface area (Å²) < 4.78 is 7.26. The first-order chi connectivity index (χ1) is 12.0. The summed E-state index contributed by atoms with van der Waals surface area (Å²) in [7, 11) is 0. The summed E-state index contributed by atoms with van der Waals surface area (Å²) >= 11 is 1.29. The summed E-state index contributed by atoms with van der Waals surface area (Å²) in [5, 5.41) is 11.4. The lowest BCUT2D eigenvalue weighted by Gasteiger charge is -2.12. The number of para-hydroxylation sites is 1. The normalized spacial score (nSPS) is 15.0. The molecule has 134 valence electrons. The molecule has 0 saturated heterocycles. The van der Waals surface area contributed by atoms with Crippen molar-refractivity contribution in [2.45, 2.75) is 56.7 Å². The van der Waals surface area contributed by atoms with Crippen molar-refractivity contribution in [3.8, 4) is 5.75 Å². The van der Waals surface area contributed by atoms with E-state index < -0.39 is 0 Å². The number of amides is 1. The number of benzene rings is 1. The number of hydrogen-bond donors (Lipinski definition) is 2. The monoisotopic (exact) mass is 361 g/mol. The summed E-state index contributed by atoms with van der Waals surface area (Å²) in [6.07, 6.45) is 2.13. The molecular weight excluding hydrogens is 338 g/mol. The number of hydrogen-bond acceptors (Lipinski definition) is 6. The highest BCUT2D eigenvalue weighted by Crippen LogP contribution is 2.25. The van der Waals surface area contributed by atoms with Gasteiger partial charge in [-0.05, 0) is 44.7 Å². The van der Waals surface area contributed by atoms with Gasteiger partial charge in [0.1, 0.15) is 12.4 Å². The Hall–Kier alpha value is -2.22. The minimum absolute atomic E-state index is 0.00355. The summed E-state index contributed by atoms with van der Waals surface area (Å²) in [4.78, 5) is 12.0. The van der Waals surface area contributed by atoms with E-state index in [4.69, 9.17) is 10.6 Å². The SMILES string of the molecule is Cc1cccc(C)c1OCc1nnc(S[C@@H](C)C(=O)NC2CC2)n1N. The maximum Gasteiger partial charge on any atom is 0.233 e. The first-order valence-electron chi connectivity index (χ1n) is 8.31. The molecule has 1 aliphatic rings. The van der Waals surface area contributed by atoms with Gasteiger partial charge in [0, 0.05) is 6.04 Å². The number of carbonyl (C=O) groups excluding carboxylic acids is 1. The van der Waals surface area contributed by atoms with Crippen LogP contribution in [0, 0.1) is 13.8 Å². The molecule has 0 radical (unpaired) electrons. The smallest absolute Gasteiger partial charge is 0.233 e. The van der Waals surface area contributed by atoms with E-state index in [1.165, 1.54) is 16.4 Å². The highest BCUT2D eigenvalue weighted by Gasteiger charge is 2.27. The highest BCUT2D eigenvalue weighted by molar-refractivity contribution is 8.00. The molecule has 1 amide bonds. The van der Waals surface area contributed by atoms with Gasteiger partial charge in [-0.25, -0.2) is 4.68 Å². The Morgan fingerprint density at radius 1 is 1.40 bits per heavy atom. The van der Waals surface area contributed by atoms with E-state index in [1.54, 1.807) is 0 Å². The van der Waals surface area contributed by atoms with Crippen LogP contribution in [0.3, 0.4) is 0 Å². The van der Waals surface area contributed by atoms with Crippen molar-refractivity contribution >= 4 is 17.7 Å². The van der Waals surface area contributed by atoms with Crippen molar-refractivity contribution in [3.05, 3.63) is 35.2 Å². The van der Waals surface area contributed by atoms with Crippen LogP contribution in [-0.4, -0.2) is 32.1 Å². The van der Waals surface area contributed by atoms with E-state index >= 15 is 0 Å². The third-order valence-corrected chi connectivity index (χ3v) is 5.12. The van der Waals surface area contributed by atoms with Gasteiger partial charge < -0.3 is 15.9 Å². The minimum atomic E-state index is -0.278. The lowest BCUT2D eigenvalue weighted by atomic mass is 10.1. The van der Waals surface area contributed by atoms with Crippen LogP contribution >= 0.6 is 11.8 Å². The average Bonchev–Trinajstić information content (AvgIpc) is 3.32. The predicted octanol–water partition coefficient (Wildman–Crippen LogP) is 1.95. The molecule has 1 aromatic carbocycles. The molecule has 1 saturated carbocycles. The molecule has 0 bridgehead atoms. The molecule has 7 nitrogen and oxygen atoms in total. The summed E-state index contributed by atoms with van der Waals surface area (Å²) in [6.45, 7) is 6.05. The van der Waals surface area contributed by atoms with Gasteiger partial charge >= 0.3 is 0 Å². The lowest BCUT2D eigenvalue weighted by molar-refractivity contribution is -0.120. The van der Waals surface area contributed by atoms with Gasteiger partial charge in [-0.2, -0.15) is 0 Å². The third-order valence-electron chi connectivity index (χ3n) is 4.06. The fourth-order valence-electron chi connectivity index (χ4n) is 2.41. The van der Waals surface area contributed by atoms with Gasteiger partial charge in [-0.15, -0.1) is 10.2 Å². The molecule has 3 N–H and O–H groups in total. The Balaban J connectivity index is 1.61. The van der Waals surface area contributed by atoms with E-state index in [1.807, 2.05) is 39.0 Å². The largest absolute Gasteiger partial charge is 0.485 e. The summed E-state index contributed by atoms with van der Waals surface area (Å²) in [5.41, 5.74) is 2.12. The number of carbonyl (C=O) groups is 1. The average molecular weight is 361 g/mol. The molecule has 1 aliphatic carbocycles. The molecule has 1 atom stereocenters. The molecule has 25 heavy (non-hydrogen) atoms. The van der Waals surface area contributed by atoms with Crippen LogP contribution in [0.15, 0.2) is 23.4 Å². The molecule has 0 aliphatic heterocycles. The number of rotatable bonds is 7. The standard InChI is InChI=1S/C17H23N5O2S/c1-10-5-4-6-11(2)15(10)24-9-14-20-21-17(22(14)18)25-12(3)16(23)19-13-7-8-13/h4-6,12-13H,7-9,18H2,1-3H3,(H,19,23)/t12-/m0/s1. The topological polar surface area (TPSA) is 95.1 Å². The van der Waals surface area contributed by atoms with Crippen molar-refractivity contribution in [1.82, 2.24) is 20.2 Å². The highest BCUT2D eigenvalue weighted by atomic mass is 32.2. The second-order valence-corrected chi connectivity index (χ2v) is 7.63. The van der Waals surface area contributed by atoms with Crippen molar-refractivity contribution in [2.24, 2.45) is 0 Å². The number of ether oxygens (including phenoxy) is 1. The molecule has 1 aromatic heterocycles. The van der Waals surface area contributed by atoms with E-state index in [2.05, 4.69) is 15.5 Å². The van der Waals surface area contributed by atoms with Crippen LogP contribution in [0.25, 0.3) is 0 Å². The van der Waals surface area contributed by atoms with Gasteiger partial charge in [-0.1, -0.05) is 30.0 Å². The number of thioether (sulfide) groups is 1. The second-order valence-electron chi connectivity index (χ2n) is 6.32. The third kappa shape index (κ3) is 4.25. The Bertz CT molecular complexity index is 752. The number of nitrogens with two attached hydrogens (primary N) is 1. The van der Waals surface area contributed by atoms with E-state index in [9.17, 15) is 4.79 Å². The quantitative estimate of drug-likeness (QED) is 0.578. The first-order valence-corrected chi connectivity index (χ1v) is 9.19. The maximum absolute atomic E-state index is 12.0. The van der Waals surface area contributed by atoms with Gasteiger partial charge in [0.25, 0.3) is 0 Å². The van der Waals surface area contributed by atoms with Crippen molar-refractivity contribution in [3.63, 3.8) is 0 Å². The van der Waals surface area contributed by atoms with E-state index in [0.29, 0.717) is 17.0 Å². The van der Waals surface area contributed by atoms with Gasteiger partial charge in [-0.3, -0.25) is 4.79 Å². The number of nitrogens with one attached hydrogen (secondary N) is 1. The molecule has 0 spiro atoms. The first kappa shape index (κ1) is 17.6.